The van der Waals surface area contributed by atoms with Crippen LogP contribution in [0.2, 0.25) is 5.02 Å². The second-order valence-electron chi connectivity index (χ2n) is 6.88. The number of nitrogens with one attached hydrogen (secondary N) is 1. The molecular formula is C24H16Cl2N2O5. The van der Waals surface area contributed by atoms with Gasteiger partial charge in [0.05, 0.1) is 18.4 Å². The fourth-order valence-corrected chi connectivity index (χ4v) is 3.42. The molecule has 0 radical (unpaired) electrons. The topological polar surface area (TPSA) is 84.9 Å². The van der Waals surface area contributed by atoms with Gasteiger partial charge in [0.2, 0.25) is 0 Å². The van der Waals surface area contributed by atoms with E-state index >= 15 is 0 Å². The lowest BCUT2D eigenvalue weighted by Crippen LogP contribution is -2.32. The second kappa shape index (κ2) is 9.36. The highest BCUT2D eigenvalue weighted by molar-refractivity contribution is 6.53. The van der Waals surface area contributed by atoms with Gasteiger partial charge in [0, 0.05) is 10.7 Å². The Morgan fingerprint density at radius 3 is 2.03 bits per heavy atom. The second-order valence-corrected chi connectivity index (χ2v) is 7.69. The predicted molar refractivity (Wildman–Crippen MR) is 125 cm³/mol. The van der Waals surface area contributed by atoms with Crippen LogP contribution in [0.1, 0.15) is 10.4 Å². The van der Waals surface area contributed by atoms with Crippen LogP contribution >= 0.6 is 23.2 Å². The normalized spacial score (nSPS) is 13.4. The van der Waals surface area contributed by atoms with E-state index in [2.05, 4.69) is 5.32 Å². The minimum atomic E-state index is -0.641. The van der Waals surface area contributed by atoms with Crippen molar-refractivity contribution in [3.8, 4) is 11.5 Å². The molecule has 0 spiro atoms. The van der Waals surface area contributed by atoms with Crippen LogP contribution in [0.5, 0.6) is 11.5 Å². The Labute approximate surface area is 199 Å². The fourth-order valence-electron chi connectivity index (χ4n) is 3.08. The summed E-state index contributed by atoms with van der Waals surface area (Å²) < 4.78 is 10.4. The lowest BCUT2D eigenvalue weighted by atomic mass is 10.2. The van der Waals surface area contributed by atoms with Crippen LogP contribution in [0, 0.1) is 0 Å². The molecule has 0 aromatic heterocycles. The molecule has 0 unspecified atom stereocenters. The number of hydrogen-bond donors (Lipinski definition) is 1. The van der Waals surface area contributed by atoms with Crippen LogP contribution < -0.4 is 19.7 Å². The molecule has 33 heavy (non-hydrogen) atoms. The van der Waals surface area contributed by atoms with Crippen molar-refractivity contribution in [3.05, 3.63) is 94.1 Å². The highest BCUT2D eigenvalue weighted by atomic mass is 35.5. The Bertz CT molecular complexity index is 1250. The number of hydrogen-bond acceptors (Lipinski definition) is 6. The number of carbonyl (C=O) groups excluding carboxylic acids is 3. The van der Waals surface area contributed by atoms with E-state index < -0.39 is 17.8 Å². The van der Waals surface area contributed by atoms with Crippen molar-refractivity contribution >= 4 is 52.4 Å². The molecule has 3 aromatic carbocycles. The van der Waals surface area contributed by atoms with Gasteiger partial charge in [0.25, 0.3) is 11.8 Å². The molecule has 166 valence electrons. The first-order valence-electron chi connectivity index (χ1n) is 9.65. The Morgan fingerprint density at radius 1 is 0.818 bits per heavy atom. The number of nitrogens with zero attached hydrogens (tertiary/aromatic N) is 1. The molecule has 1 aliphatic heterocycles. The molecule has 3 aromatic rings. The van der Waals surface area contributed by atoms with Gasteiger partial charge in [-0.25, -0.2) is 9.69 Å². The number of rotatable bonds is 6. The third-order valence-corrected chi connectivity index (χ3v) is 5.37. The summed E-state index contributed by atoms with van der Waals surface area (Å²) in [6.07, 6.45) is 0. The summed E-state index contributed by atoms with van der Waals surface area (Å²) in [5, 5.41) is 3.16. The lowest BCUT2D eigenvalue weighted by molar-refractivity contribution is -0.120. The van der Waals surface area contributed by atoms with E-state index in [0.717, 1.165) is 4.90 Å². The molecule has 1 N–H and O–H groups in total. The van der Waals surface area contributed by atoms with Crippen molar-refractivity contribution in [3.63, 3.8) is 0 Å². The minimum Gasteiger partial charge on any atom is -0.497 e. The van der Waals surface area contributed by atoms with Gasteiger partial charge in [0.15, 0.2) is 0 Å². The fraction of sp³-hybridized carbons (Fsp3) is 0.0417. The Kier molecular flexibility index (Phi) is 6.35. The Balaban J connectivity index is 1.46. The standard InChI is InChI=1S/C24H16Cl2N2O5/c1-32-18-12-8-17(9-13-18)28-22(29)20(26)21(23(28)30)27-16-6-2-14(3-7-16)24(31)33-19-10-4-15(25)5-11-19/h2-13,27H,1H3. The van der Waals surface area contributed by atoms with Gasteiger partial charge in [-0.05, 0) is 72.8 Å². The molecule has 1 aliphatic rings. The van der Waals surface area contributed by atoms with E-state index in [9.17, 15) is 14.4 Å². The van der Waals surface area contributed by atoms with Crippen LogP contribution in [0.25, 0.3) is 0 Å². The number of benzene rings is 3. The summed E-state index contributed by atoms with van der Waals surface area (Å²) in [7, 11) is 1.52. The van der Waals surface area contributed by atoms with Gasteiger partial charge in [0.1, 0.15) is 22.2 Å². The number of imide groups is 1. The van der Waals surface area contributed by atoms with Crippen LogP contribution in [-0.4, -0.2) is 24.9 Å². The lowest BCUT2D eigenvalue weighted by Gasteiger charge is -2.15. The van der Waals surface area contributed by atoms with E-state index in [0.29, 0.717) is 33.5 Å². The quantitative estimate of drug-likeness (QED) is 0.302. The predicted octanol–water partition coefficient (Wildman–Crippen LogP) is 5.00. The average Bonchev–Trinajstić information content (AvgIpc) is 3.04. The summed E-state index contributed by atoms with van der Waals surface area (Å²) in [5.41, 5.74) is 1.06. The molecule has 7 nitrogen and oxygen atoms in total. The number of ether oxygens (including phenoxy) is 2. The molecule has 0 fully saturated rings. The van der Waals surface area contributed by atoms with Gasteiger partial charge >= 0.3 is 5.97 Å². The summed E-state index contributed by atoms with van der Waals surface area (Å²) in [6.45, 7) is 0. The highest BCUT2D eigenvalue weighted by Gasteiger charge is 2.39. The number of methoxy groups -OCH3 is 1. The van der Waals surface area contributed by atoms with Crippen LogP contribution in [0.15, 0.2) is 83.5 Å². The van der Waals surface area contributed by atoms with Gasteiger partial charge in [-0.3, -0.25) is 9.59 Å². The molecule has 0 bridgehead atoms. The number of amides is 2. The number of halogens is 2. The molecule has 0 saturated heterocycles. The largest absolute Gasteiger partial charge is 0.497 e. The van der Waals surface area contributed by atoms with E-state index in [1.807, 2.05) is 0 Å². The van der Waals surface area contributed by atoms with E-state index in [1.54, 1.807) is 60.7 Å². The van der Waals surface area contributed by atoms with Crippen molar-refractivity contribution in [2.45, 2.75) is 0 Å². The van der Waals surface area contributed by atoms with E-state index in [4.69, 9.17) is 32.7 Å². The SMILES string of the molecule is COc1ccc(N2C(=O)C(Cl)=C(Nc3ccc(C(=O)Oc4ccc(Cl)cc4)cc3)C2=O)cc1. The van der Waals surface area contributed by atoms with E-state index in [-0.39, 0.29) is 10.7 Å². The molecule has 9 heteroatoms. The zero-order valence-electron chi connectivity index (χ0n) is 17.2. The third-order valence-electron chi connectivity index (χ3n) is 4.77. The summed E-state index contributed by atoms with van der Waals surface area (Å²) in [5.74, 6) is -0.847. The molecule has 0 atom stereocenters. The van der Waals surface area contributed by atoms with Crippen LogP contribution in [-0.2, 0) is 9.59 Å². The smallest absolute Gasteiger partial charge is 0.343 e. The number of carbonyl (C=O) groups is 3. The summed E-state index contributed by atoms with van der Waals surface area (Å²) in [4.78, 5) is 38.8. The maximum Gasteiger partial charge on any atom is 0.343 e. The zero-order chi connectivity index (χ0) is 23.5. The van der Waals surface area contributed by atoms with E-state index in [1.165, 1.54) is 19.2 Å². The third kappa shape index (κ3) is 4.69. The monoisotopic (exact) mass is 482 g/mol. The van der Waals surface area contributed by atoms with Gasteiger partial charge in [-0.2, -0.15) is 0 Å². The molecule has 0 aliphatic carbocycles. The van der Waals surface area contributed by atoms with Crippen molar-refractivity contribution in [1.29, 1.82) is 0 Å². The first-order valence-corrected chi connectivity index (χ1v) is 10.4. The average molecular weight is 483 g/mol. The van der Waals surface area contributed by atoms with Crippen molar-refractivity contribution in [1.82, 2.24) is 0 Å². The maximum atomic E-state index is 12.9. The zero-order valence-corrected chi connectivity index (χ0v) is 18.7. The van der Waals surface area contributed by atoms with Crippen molar-refractivity contribution in [2.75, 3.05) is 17.3 Å². The Hall–Kier alpha value is -3.81. The Morgan fingerprint density at radius 2 is 1.42 bits per heavy atom. The van der Waals surface area contributed by atoms with Crippen molar-refractivity contribution in [2.24, 2.45) is 0 Å². The summed E-state index contributed by atoms with van der Waals surface area (Å²) >= 11 is 12.0. The van der Waals surface area contributed by atoms with Gasteiger partial charge in [-0.1, -0.05) is 23.2 Å². The molecule has 4 rings (SSSR count). The van der Waals surface area contributed by atoms with Crippen molar-refractivity contribution < 1.29 is 23.9 Å². The minimum absolute atomic E-state index is 0.0611. The molecule has 2 amide bonds. The summed E-state index contributed by atoms with van der Waals surface area (Å²) in [6, 6.07) is 19.0. The molecular weight excluding hydrogens is 467 g/mol. The molecule has 0 saturated carbocycles. The van der Waals surface area contributed by atoms with Gasteiger partial charge in [-0.15, -0.1) is 0 Å². The first kappa shape index (κ1) is 22.4. The number of esters is 1. The number of anilines is 2. The first-order chi connectivity index (χ1) is 15.9. The highest BCUT2D eigenvalue weighted by Crippen LogP contribution is 2.31. The molecule has 1 heterocycles. The van der Waals surface area contributed by atoms with Crippen LogP contribution in [0.3, 0.4) is 0 Å². The van der Waals surface area contributed by atoms with Crippen LogP contribution in [0.4, 0.5) is 11.4 Å². The maximum absolute atomic E-state index is 12.9. The van der Waals surface area contributed by atoms with Gasteiger partial charge < -0.3 is 14.8 Å².